The molecule has 0 N–H and O–H groups in total. The summed E-state index contributed by atoms with van der Waals surface area (Å²) in [6, 6.07) is 8.41. The number of anilines is 1. The van der Waals surface area contributed by atoms with Crippen molar-refractivity contribution >= 4 is 17.2 Å². The third kappa shape index (κ3) is 3.71. The first kappa shape index (κ1) is 17.9. The van der Waals surface area contributed by atoms with E-state index in [1.165, 1.54) is 24.1 Å². The second kappa shape index (κ2) is 7.68. The Morgan fingerprint density at radius 1 is 1.18 bits per heavy atom. The van der Waals surface area contributed by atoms with Gasteiger partial charge in [0.15, 0.2) is 11.7 Å². The van der Waals surface area contributed by atoms with Crippen LogP contribution in [0.5, 0.6) is 0 Å². The molecule has 5 nitrogen and oxygen atoms in total. The van der Waals surface area contributed by atoms with E-state index < -0.39 is 0 Å². The smallest absolute Gasteiger partial charge is 0.195 e. The normalized spacial score (nSPS) is 18.4. The fourth-order valence-electron chi connectivity index (χ4n) is 4.10. The molecule has 6 heteroatoms. The summed E-state index contributed by atoms with van der Waals surface area (Å²) in [5.41, 5.74) is 2.43. The molecule has 0 saturated carbocycles. The number of nitrogens with zero attached hydrogens (tertiary/aromatic N) is 4. The number of piperidine rings is 1. The Kier molecular flexibility index (Phi) is 4.91. The fourth-order valence-corrected chi connectivity index (χ4v) is 4.77. The predicted molar refractivity (Wildman–Crippen MR) is 112 cm³/mol. The zero-order valence-electron chi connectivity index (χ0n) is 16.3. The van der Waals surface area contributed by atoms with Crippen LogP contribution in [-0.2, 0) is 19.5 Å². The average molecular weight is 395 g/mol. The van der Waals surface area contributed by atoms with Gasteiger partial charge in [0.1, 0.15) is 5.76 Å². The molecule has 1 saturated heterocycles. The van der Waals surface area contributed by atoms with Gasteiger partial charge in [0.25, 0.3) is 0 Å². The van der Waals surface area contributed by atoms with Crippen LogP contribution in [0, 0.1) is 5.92 Å². The predicted octanol–water partition coefficient (Wildman–Crippen LogP) is 4.59. The SMILES string of the molecule is CC1CCN(c2ccc(CN3CCc4nc(-c5cccs5)ncc4C3)o2)CC1. The van der Waals surface area contributed by atoms with Gasteiger partial charge >= 0.3 is 0 Å². The van der Waals surface area contributed by atoms with E-state index in [1.807, 2.05) is 12.3 Å². The molecule has 2 aliphatic rings. The summed E-state index contributed by atoms with van der Waals surface area (Å²) in [7, 11) is 0. The van der Waals surface area contributed by atoms with Crippen LogP contribution in [0.1, 0.15) is 36.8 Å². The summed E-state index contributed by atoms with van der Waals surface area (Å²) in [4.78, 5) is 15.4. The molecule has 3 aromatic rings. The van der Waals surface area contributed by atoms with E-state index in [1.54, 1.807) is 11.3 Å². The van der Waals surface area contributed by atoms with Gasteiger partial charge in [-0.1, -0.05) is 13.0 Å². The van der Waals surface area contributed by atoms with Crippen LogP contribution in [0.2, 0.25) is 0 Å². The van der Waals surface area contributed by atoms with Gasteiger partial charge < -0.3 is 9.32 Å². The van der Waals surface area contributed by atoms with Gasteiger partial charge in [0.05, 0.1) is 17.1 Å². The molecule has 0 bridgehead atoms. The molecule has 1 fully saturated rings. The molecule has 3 aromatic heterocycles. The molecular formula is C22H26N4OS. The molecule has 0 aliphatic carbocycles. The first-order valence-corrected chi connectivity index (χ1v) is 11.1. The second-order valence-electron chi connectivity index (χ2n) is 8.01. The molecule has 0 aromatic carbocycles. The standard InChI is InChI=1S/C22H26N4OS/c1-16-6-10-26(11-7-16)21-5-4-18(27-21)15-25-9-8-19-17(14-25)13-23-22(24-19)20-3-2-12-28-20/h2-5,12-13,16H,6-11,14-15H2,1H3. The summed E-state index contributed by atoms with van der Waals surface area (Å²) < 4.78 is 6.17. The van der Waals surface area contributed by atoms with E-state index >= 15 is 0 Å². The zero-order chi connectivity index (χ0) is 18.9. The van der Waals surface area contributed by atoms with E-state index in [2.05, 4.69) is 45.3 Å². The van der Waals surface area contributed by atoms with Gasteiger partial charge in [-0.05, 0) is 36.3 Å². The molecule has 28 heavy (non-hydrogen) atoms. The van der Waals surface area contributed by atoms with Crippen LogP contribution in [0.4, 0.5) is 5.88 Å². The lowest BCUT2D eigenvalue weighted by molar-refractivity contribution is 0.223. The third-order valence-corrected chi connectivity index (χ3v) is 6.74. The van der Waals surface area contributed by atoms with E-state index in [9.17, 15) is 0 Å². The molecular weight excluding hydrogens is 368 g/mol. The first-order valence-electron chi connectivity index (χ1n) is 10.2. The summed E-state index contributed by atoms with van der Waals surface area (Å²) in [6.45, 7) is 7.29. The average Bonchev–Trinajstić information content (AvgIpc) is 3.41. The van der Waals surface area contributed by atoms with Crippen LogP contribution in [0.15, 0.2) is 40.3 Å². The van der Waals surface area contributed by atoms with E-state index in [-0.39, 0.29) is 0 Å². The van der Waals surface area contributed by atoms with E-state index in [0.29, 0.717) is 0 Å². The van der Waals surface area contributed by atoms with Crippen molar-refractivity contribution in [3.63, 3.8) is 0 Å². The van der Waals surface area contributed by atoms with E-state index in [4.69, 9.17) is 9.40 Å². The maximum absolute atomic E-state index is 6.17. The van der Waals surface area contributed by atoms with Gasteiger partial charge in [0, 0.05) is 50.4 Å². The molecule has 5 heterocycles. The summed E-state index contributed by atoms with van der Waals surface area (Å²) in [5.74, 6) is 3.77. The monoisotopic (exact) mass is 394 g/mol. The highest BCUT2D eigenvalue weighted by Gasteiger charge is 2.22. The quantitative estimate of drug-likeness (QED) is 0.647. The largest absolute Gasteiger partial charge is 0.444 e. The maximum atomic E-state index is 6.17. The Labute approximate surface area is 170 Å². The highest BCUT2D eigenvalue weighted by atomic mass is 32.1. The molecule has 0 atom stereocenters. The lowest BCUT2D eigenvalue weighted by Crippen LogP contribution is -2.32. The zero-order valence-corrected chi connectivity index (χ0v) is 17.1. The molecule has 0 radical (unpaired) electrons. The number of rotatable bonds is 4. The minimum absolute atomic E-state index is 0.835. The summed E-state index contributed by atoms with van der Waals surface area (Å²) in [5, 5.41) is 2.07. The van der Waals surface area contributed by atoms with Gasteiger partial charge in [-0.2, -0.15) is 0 Å². The van der Waals surface area contributed by atoms with Crippen LogP contribution in [0.25, 0.3) is 10.7 Å². The van der Waals surface area contributed by atoms with E-state index in [0.717, 1.165) is 67.4 Å². The van der Waals surface area contributed by atoms with Crippen molar-refractivity contribution in [2.24, 2.45) is 5.92 Å². The molecule has 2 aliphatic heterocycles. The van der Waals surface area contributed by atoms with Crippen molar-refractivity contribution in [3.05, 3.63) is 52.9 Å². The molecule has 146 valence electrons. The number of thiophene rings is 1. The van der Waals surface area contributed by atoms with Gasteiger partial charge in [-0.3, -0.25) is 4.90 Å². The highest BCUT2D eigenvalue weighted by Crippen LogP contribution is 2.27. The van der Waals surface area contributed by atoms with Crippen LogP contribution >= 0.6 is 11.3 Å². The lowest BCUT2D eigenvalue weighted by Gasteiger charge is -2.30. The highest BCUT2D eigenvalue weighted by molar-refractivity contribution is 7.13. The van der Waals surface area contributed by atoms with Crippen molar-refractivity contribution in [2.75, 3.05) is 24.5 Å². The van der Waals surface area contributed by atoms with Gasteiger partial charge in [-0.15, -0.1) is 11.3 Å². The Morgan fingerprint density at radius 3 is 2.89 bits per heavy atom. The Morgan fingerprint density at radius 2 is 2.07 bits per heavy atom. The lowest BCUT2D eigenvalue weighted by atomic mass is 9.99. The first-order chi connectivity index (χ1) is 13.7. The topological polar surface area (TPSA) is 45.4 Å². The molecule has 0 unspecified atom stereocenters. The Bertz CT molecular complexity index is 928. The van der Waals surface area contributed by atoms with Crippen LogP contribution < -0.4 is 4.90 Å². The van der Waals surface area contributed by atoms with Crippen molar-refractivity contribution < 1.29 is 4.42 Å². The van der Waals surface area contributed by atoms with Crippen molar-refractivity contribution in [1.82, 2.24) is 14.9 Å². The van der Waals surface area contributed by atoms with Crippen molar-refractivity contribution in [1.29, 1.82) is 0 Å². The number of hydrogen-bond acceptors (Lipinski definition) is 6. The Hall–Kier alpha value is -2.18. The number of aromatic nitrogens is 2. The maximum Gasteiger partial charge on any atom is 0.195 e. The third-order valence-electron chi connectivity index (χ3n) is 5.88. The molecule has 5 rings (SSSR count). The van der Waals surface area contributed by atoms with Crippen molar-refractivity contribution in [3.8, 4) is 10.7 Å². The van der Waals surface area contributed by atoms with Crippen LogP contribution in [0.3, 0.4) is 0 Å². The number of fused-ring (bicyclic) bond motifs is 1. The van der Waals surface area contributed by atoms with Crippen LogP contribution in [-0.4, -0.2) is 34.5 Å². The Balaban J connectivity index is 1.23. The van der Waals surface area contributed by atoms with Crippen molar-refractivity contribution in [2.45, 2.75) is 39.3 Å². The van der Waals surface area contributed by atoms with Gasteiger partial charge in [0.2, 0.25) is 0 Å². The summed E-state index contributed by atoms with van der Waals surface area (Å²) >= 11 is 1.69. The number of hydrogen-bond donors (Lipinski definition) is 0. The molecule has 0 amide bonds. The number of furan rings is 1. The van der Waals surface area contributed by atoms with Gasteiger partial charge in [-0.25, -0.2) is 9.97 Å². The fraction of sp³-hybridized carbons (Fsp3) is 0.455. The minimum atomic E-state index is 0.835. The second-order valence-corrected chi connectivity index (χ2v) is 8.96. The molecule has 0 spiro atoms. The summed E-state index contributed by atoms with van der Waals surface area (Å²) in [6.07, 6.45) is 5.48. The minimum Gasteiger partial charge on any atom is -0.444 e.